The lowest BCUT2D eigenvalue weighted by Gasteiger charge is -2.38. The Labute approximate surface area is 199 Å². The van der Waals surface area contributed by atoms with E-state index in [-0.39, 0.29) is 5.91 Å². The molecule has 2 heterocycles. The van der Waals surface area contributed by atoms with Gasteiger partial charge in [-0.15, -0.1) is 0 Å². The molecule has 0 N–H and O–H groups in total. The van der Waals surface area contributed by atoms with Gasteiger partial charge in [0, 0.05) is 44.9 Å². The largest absolute Gasteiger partial charge is 0.457 e. The number of hydrogen-bond donors (Lipinski definition) is 0. The number of anilines is 1. The predicted molar refractivity (Wildman–Crippen MR) is 129 cm³/mol. The molecule has 1 saturated heterocycles. The van der Waals surface area contributed by atoms with E-state index in [1.165, 1.54) is 6.92 Å². The van der Waals surface area contributed by atoms with Crippen LogP contribution in [0.25, 0.3) is 11.3 Å². The van der Waals surface area contributed by atoms with Crippen LogP contribution in [0, 0.1) is 0 Å². The molecule has 1 amide bonds. The van der Waals surface area contributed by atoms with Crippen molar-refractivity contribution >= 4 is 17.8 Å². The molecular weight excluding hydrogens is 432 g/mol. The number of carbonyl (C=O) groups excluding carboxylic acids is 2. The third kappa shape index (κ3) is 5.51. The summed E-state index contributed by atoms with van der Waals surface area (Å²) >= 11 is 0. The Hall–Kier alpha value is -3.94. The number of ether oxygens (including phenoxy) is 2. The maximum atomic E-state index is 12.8. The minimum Gasteiger partial charge on any atom is -0.457 e. The van der Waals surface area contributed by atoms with Gasteiger partial charge in [-0.05, 0) is 56.3 Å². The van der Waals surface area contributed by atoms with Crippen LogP contribution < -0.4 is 9.64 Å². The van der Waals surface area contributed by atoms with Crippen LogP contribution in [0.4, 0.5) is 5.95 Å². The standard InChI is InChI=1S/C26H28N4O4/c1-19(31)34-26(2,3)24(32)29-15-17-30(18-16-29)25-27-14-13-23(28-25)20-9-11-22(12-10-20)33-21-7-5-4-6-8-21/h4-14H,15-18H2,1-3H3. The number of amides is 1. The molecular formula is C26H28N4O4. The Morgan fingerprint density at radius 1 is 0.882 bits per heavy atom. The van der Waals surface area contributed by atoms with Gasteiger partial charge in [0.1, 0.15) is 11.5 Å². The van der Waals surface area contributed by atoms with E-state index in [0.717, 1.165) is 22.8 Å². The SMILES string of the molecule is CC(=O)OC(C)(C)C(=O)N1CCN(c2nccc(-c3ccc(Oc4ccccc4)cc3)n2)CC1. The molecule has 8 nitrogen and oxygen atoms in total. The summed E-state index contributed by atoms with van der Waals surface area (Å²) in [6.07, 6.45) is 1.74. The first-order valence-corrected chi connectivity index (χ1v) is 11.2. The van der Waals surface area contributed by atoms with Gasteiger partial charge in [-0.2, -0.15) is 0 Å². The summed E-state index contributed by atoms with van der Waals surface area (Å²) in [7, 11) is 0. The third-order valence-electron chi connectivity index (χ3n) is 5.54. The molecule has 0 saturated carbocycles. The van der Waals surface area contributed by atoms with E-state index in [4.69, 9.17) is 14.5 Å². The van der Waals surface area contributed by atoms with Crippen molar-refractivity contribution < 1.29 is 19.1 Å². The zero-order valence-corrected chi connectivity index (χ0v) is 19.6. The lowest BCUT2D eigenvalue weighted by Crippen LogP contribution is -2.55. The van der Waals surface area contributed by atoms with Gasteiger partial charge in [-0.3, -0.25) is 9.59 Å². The minimum atomic E-state index is -1.18. The number of benzene rings is 2. The number of esters is 1. The molecule has 1 aromatic heterocycles. The monoisotopic (exact) mass is 460 g/mol. The summed E-state index contributed by atoms with van der Waals surface area (Å²) in [4.78, 5) is 37.0. The van der Waals surface area contributed by atoms with Crippen molar-refractivity contribution in [1.29, 1.82) is 0 Å². The van der Waals surface area contributed by atoms with Gasteiger partial charge in [0.05, 0.1) is 5.69 Å². The predicted octanol–water partition coefficient (Wildman–Crippen LogP) is 3.93. The highest BCUT2D eigenvalue weighted by Crippen LogP contribution is 2.26. The third-order valence-corrected chi connectivity index (χ3v) is 5.54. The smallest absolute Gasteiger partial charge is 0.303 e. The fourth-order valence-electron chi connectivity index (χ4n) is 3.87. The number of rotatable bonds is 6. The Kier molecular flexibility index (Phi) is 6.77. The van der Waals surface area contributed by atoms with Gasteiger partial charge < -0.3 is 19.3 Å². The van der Waals surface area contributed by atoms with Crippen LogP contribution in [-0.4, -0.2) is 58.5 Å². The number of hydrogen-bond acceptors (Lipinski definition) is 7. The molecule has 1 aliphatic heterocycles. The highest BCUT2D eigenvalue weighted by atomic mass is 16.6. The fraction of sp³-hybridized carbons (Fsp3) is 0.308. The first-order valence-electron chi connectivity index (χ1n) is 11.2. The van der Waals surface area contributed by atoms with Crippen LogP contribution >= 0.6 is 0 Å². The fourth-order valence-corrected chi connectivity index (χ4v) is 3.87. The summed E-state index contributed by atoms with van der Waals surface area (Å²) in [6, 6.07) is 19.3. The Bertz CT molecular complexity index is 1140. The zero-order valence-electron chi connectivity index (χ0n) is 19.6. The van der Waals surface area contributed by atoms with Gasteiger partial charge >= 0.3 is 5.97 Å². The van der Waals surface area contributed by atoms with Crippen molar-refractivity contribution in [2.45, 2.75) is 26.4 Å². The molecule has 8 heteroatoms. The van der Waals surface area contributed by atoms with Gasteiger partial charge in [0.15, 0.2) is 5.60 Å². The van der Waals surface area contributed by atoms with E-state index >= 15 is 0 Å². The van der Waals surface area contributed by atoms with Crippen molar-refractivity contribution in [2.75, 3.05) is 31.1 Å². The topological polar surface area (TPSA) is 84.9 Å². The molecule has 0 bridgehead atoms. The molecule has 176 valence electrons. The van der Waals surface area contributed by atoms with Gasteiger partial charge in [0.25, 0.3) is 5.91 Å². The molecule has 0 atom stereocenters. The molecule has 0 spiro atoms. The molecule has 0 aliphatic carbocycles. The second-order valence-corrected chi connectivity index (χ2v) is 8.56. The lowest BCUT2D eigenvalue weighted by atomic mass is 10.1. The second-order valence-electron chi connectivity index (χ2n) is 8.56. The summed E-state index contributed by atoms with van der Waals surface area (Å²) in [5, 5.41) is 0. The quantitative estimate of drug-likeness (QED) is 0.515. The Balaban J connectivity index is 1.39. The second kappa shape index (κ2) is 9.91. The van der Waals surface area contributed by atoms with Crippen molar-refractivity contribution in [3.05, 3.63) is 66.9 Å². The van der Waals surface area contributed by atoms with E-state index in [2.05, 4.69) is 9.88 Å². The Morgan fingerprint density at radius 2 is 1.53 bits per heavy atom. The first kappa shape index (κ1) is 23.2. The highest BCUT2D eigenvalue weighted by Gasteiger charge is 2.36. The van der Waals surface area contributed by atoms with Gasteiger partial charge in [0.2, 0.25) is 5.95 Å². The summed E-state index contributed by atoms with van der Waals surface area (Å²) in [5.41, 5.74) is 0.590. The molecule has 34 heavy (non-hydrogen) atoms. The van der Waals surface area contributed by atoms with Crippen molar-refractivity contribution in [1.82, 2.24) is 14.9 Å². The lowest BCUT2D eigenvalue weighted by molar-refractivity contribution is -0.168. The molecule has 2 aromatic carbocycles. The summed E-state index contributed by atoms with van der Waals surface area (Å²) < 4.78 is 11.1. The van der Waals surface area contributed by atoms with E-state index in [1.807, 2.05) is 60.7 Å². The van der Waals surface area contributed by atoms with E-state index in [9.17, 15) is 9.59 Å². The first-order chi connectivity index (χ1) is 16.3. The van der Waals surface area contributed by atoms with E-state index in [1.54, 1.807) is 24.9 Å². The highest BCUT2D eigenvalue weighted by molar-refractivity contribution is 5.87. The van der Waals surface area contributed by atoms with E-state index in [0.29, 0.717) is 32.1 Å². The van der Waals surface area contributed by atoms with Crippen LogP contribution in [0.15, 0.2) is 66.9 Å². The summed E-state index contributed by atoms with van der Waals surface area (Å²) in [6.45, 7) is 6.73. The Morgan fingerprint density at radius 3 is 2.18 bits per heavy atom. The molecule has 3 aromatic rings. The molecule has 4 rings (SSSR count). The van der Waals surface area contributed by atoms with Crippen molar-refractivity contribution in [3.63, 3.8) is 0 Å². The number of nitrogens with zero attached hydrogens (tertiary/aromatic N) is 4. The van der Waals surface area contributed by atoms with Crippen LogP contribution in [-0.2, 0) is 14.3 Å². The number of para-hydroxylation sites is 1. The number of carbonyl (C=O) groups is 2. The van der Waals surface area contributed by atoms with Crippen molar-refractivity contribution in [2.24, 2.45) is 0 Å². The normalized spacial score (nSPS) is 14.0. The van der Waals surface area contributed by atoms with Crippen molar-refractivity contribution in [3.8, 4) is 22.8 Å². The molecule has 1 aliphatic rings. The van der Waals surface area contributed by atoms with Crippen LogP contribution in [0.2, 0.25) is 0 Å². The molecule has 1 fully saturated rings. The number of aromatic nitrogens is 2. The maximum Gasteiger partial charge on any atom is 0.303 e. The maximum absolute atomic E-state index is 12.8. The molecule has 0 radical (unpaired) electrons. The zero-order chi connectivity index (χ0) is 24.1. The summed E-state index contributed by atoms with van der Waals surface area (Å²) in [5.74, 6) is 1.49. The van der Waals surface area contributed by atoms with Gasteiger partial charge in [-0.25, -0.2) is 9.97 Å². The van der Waals surface area contributed by atoms with Crippen LogP contribution in [0.3, 0.4) is 0 Å². The minimum absolute atomic E-state index is 0.199. The molecule has 0 unspecified atom stereocenters. The van der Waals surface area contributed by atoms with Gasteiger partial charge in [-0.1, -0.05) is 18.2 Å². The average molecular weight is 461 g/mol. The van der Waals surface area contributed by atoms with Crippen LogP contribution in [0.1, 0.15) is 20.8 Å². The van der Waals surface area contributed by atoms with Crippen LogP contribution in [0.5, 0.6) is 11.5 Å². The number of piperazine rings is 1. The van der Waals surface area contributed by atoms with E-state index < -0.39 is 11.6 Å². The average Bonchev–Trinajstić information content (AvgIpc) is 2.84.